The molecule has 5 heteroatoms. The van der Waals surface area contributed by atoms with E-state index in [0.717, 1.165) is 30.6 Å². The summed E-state index contributed by atoms with van der Waals surface area (Å²) in [6.45, 7) is 5.04. The highest BCUT2D eigenvalue weighted by Gasteiger charge is 2.18. The van der Waals surface area contributed by atoms with Gasteiger partial charge in [0.2, 0.25) is 0 Å². The summed E-state index contributed by atoms with van der Waals surface area (Å²) in [7, 11) is 1.93. The lowest BCUT2D eigenvalue weighted by molar-refractivity contribution is 0.544. The van der Waals surface area contributed by atoms with Crippen molar-refractivity contribution in [1.29, 1.82) is 0 Å². The van der Waals surface area contributed by atoms with Crippen LogP contribution in [0.2, 0.25) is 5.02 Å². The number of hydrogen-bond acceptors (Lipinski definition) is 2. The maximum Gasteiger partial charge on any atom is 0.141 e. The first-order valence-electron chi connectivity index (χ1n) is 7.24. The van der Waals surface area contributed by atoms with Crippen LogP contribution >= 0.6 is 11.6 Å². The minimum Gasteiger partial charge on any atom is -0.310 e. The van der Waals surface area contributed by atoms with Gasteiger partial charge in [0, 0.05) is 24.8 Å². The molecule has 1 unspecified atom stereocenters. The predicted molar refractivity (Wildman–Crippen MR) is 84.1 cm³/mol. The molecule has 0 aliphatic carbocycles. The van der Waals surface area contributed by atoms with Crippen molar-refractivity contribution in [1.82, 2.24) is 15.1 Å². The summed E-state index contributed by atoms with van der Waals surface area (Å²) >= 11 is 5.87. The maximum atomic E-state index is 13.3. The Kier molecular flexibility index (Phi) is 5.37. The van der Waals surface area contributed by atoms with E-state index in [1.807, 2.05) is 11.7 Å². The zero-order valence-electron chi connectivity index (χ0n) is 12.7. The molecule has 1 N–H and O–H groups in total. The Balaban J connectivity index is 2.27. The monoisotopic (exact) mass is 309 g/mol. The molecule has 0 saturated heterocycles. The highest BCUT2D eigenvalue weighted by Crippen LogP contribution is 2.24. The molecule has 114 valence electrons. The van der Waals surface area contributed by atoms with Crippen LogP contribution in [0.4, 0.5) is 4.39 Å². The third kappa shape index (κ3) is 3.83. The Bertz CT molecular complexity index is 610. The third-order valence-corrected chi connectivity index (χ3v) is 3.81. The predicted octanol–water partition coefficient (Wildman–Crippen LogP) is 3.67. The van der Waals surface area contributed by atoms with Gasteiger partial charge in [-0.2, -0.15) is 5.10 Å². The summed E-state index contributed by atoms with van der Waals surface area (Å²) in [5, 5.41) is 8.15. The molecule has 2 aromatic rings. The van der Waals surface area contributed by atoms with Gasteiger partial charge < -0.3 is 5.32 Å². The van der Waals surface area contributed by atoms with Crippen LogP contribution in [0.5, 0.6) is 0 Å². The zero-order chi connectivity index (χ0) is 15.4. The van der Waals surface area contributed by atoms with Crippen LogP contribution in [-0.4, -0.2) is 16.3 Å². The Morgan fingerprint density at radius 1 is 1.38 bits per heavy atom. The summed E-state index contributed by atoms with van der Waals surface area (Å²) in [5.41, 5.74) is 3.30. The molecule has 21 heavy (non-hydrogen) atoms. The van der Waals surface area contributed by atoms with Crippen molar-refractivity contribution >= 4 is 11.6 Å². The van der Waals surface area contributed by atoms with E-state index >= 15 is 0 Å². The van der Waals surface area contributed by atoms with Gasteiger partial charge >= 0.3 is 0 Å². The number of likely N-dealkylation sites (N-methyl/N-ethyl adjacent to an activating group) is 1. The number of rotatable bonds is 6. The van der Waals surface area contributed by atoms with Gasteiger partial charge in [-0.05, 0) is 37.1 Å². The summed E-state index contributed by atoms with van der Waals surface area (Å²) in [6, 6.07) is 5.06. The van der Waals surface area contributed by atoms with Crippen LogP contribution < -0.4 is 5.32 Å². The molecule has 1 heterocycles. The third-order valence-electron chi connectivity index (χ3n) is 3.52. The first-order chi connectivity index (χ1) is 10.0. The minimum absolute atomic E-state index is 0.153. The second kappa shape index (κ2) is 7.05. The fraction of sp³-hybridized carbons (Fsp3) is 0.438. The molecule has 0 aliphatic heterocycles. The van der Waals surface area contributed by atoms with Crippen LogP contribution in [0.25, 0.3) is 0 Å². The first kappa shape index (κ1) is 16.0. The number of nitrogens with zero attached hydrogens (tertiary/aromatic N) is 2. The van der Waals surface area contributed by atoms with Crippen LogP contribution in [0.15, 0.2) is 24.4 Å². The highest BCUT2D eigenvalue weighted by atomic mass is 35.5. The van der Waals surface area contributed by atoms with E-state index in [4.69, 9.17) is 11.6 Å². The fourth-order valence-corrected chi connectivity index (χ4v) is 2.76. The van der Waals surface area contributed by atoms with Gasteiger partial charge in [0.25, 0.3) is 0 Å². The second-order valence-corrected chi connectivity index (χ2v) is 5.53. The Morgan fingerprint density at radius 3 is 2.76 bits per heavy atom. The van der Waals surface area contributed by atoms with Crippen molar-refractivity contribution < 1.29 is 4.39 Å². The zero-order valence-corrected chi connectivity index (χ0v) is 13.4. The van der Waals surface area contributed by atoms with Gasteiger partial charge in [-0.25, -0.2) is 4.39 Å². The smallest absolute Gasteiger partial charge is 0.141 e. The van der Waals surface area contributed by atoms with E-state index in [9.17, 15) is 4.39 Å². The van der Waals surface area contributed by atoms with Crippen molar-refractivity contribution in [2.24, 2.45) is 7.05 Å². The van der Waals surface area contributed by atoms with Crippen LogP contribution in [0.3, 0.4) is 0 Å². The normalized spacial score (nSPS) is 12.6. The molecule has 0 radical (unpaired) electrons. The Labute approximate surface area is 130 Å². The van der Waals surface area contributed by atoms with Crippen molar-refractivity contribution in [3.05, 3.63) is 52.1 Å². The molecule has 2 rings (SSSR count). The Hall–Kier alpha value is -1.39. The van der Waals surface area contributed by atoms with Gasteiger partial charge in [-0.1, -0.05) is 31.5 Å². The topological polar surface area (TPSA) is 29.9 Å². The second-order valence-electron chi connectivity index (χ2n) is 5.12. The van der Waals surface area contributed by atoms with Crippen molar-refractivity contribution in [2.45, 2.75) is 32.7 Å². The molecule has 0 aliphatic rings. The number of aromatic nitrogens is 2. The summed E-state index contributed by atoms with van der Waals surface area (Å²) in [4.78, 5) is 0. The van der Waals surface area contributed by atoms with E-state index in [2.05, 4.69) is 30.5 Å². The molecule has 0 spiro atoms. The highest BCUT2D eigenvalue weighted by molar-refractivity contribution is 6.30. The van der Waals surface area contributed by atoms with E-state index < -0.39 is 0 Å². The first-order valence-corrected chi connectivity index (χ1v) is 7.62. The molecule has 0 fully saturated rings. The van der Waals surface area contributed by atoms with Crippen LogP contribution in [0, 0.1) is 5.82 Å². The van der Waals surface area contributed by atoms with Crippen molar-refractivity contribution in [2.75, 3.05) is 6.54 Å². The lowest BCUT2D eigenvalue weighted by atomic mass is 9.98. The number of aryl methyl sites for hydroxylation is 2. The van der Waals surface area contributed by atoms with Gasteiger partial charge in [-0.3, -0.25) is 4.68 Å². The molecule has 1 aromatic heterocycles. The van der Waals surface area contributed by atoms with E-state index in [-0.39, 0.29) is 16.9 Å². The molecule has 0 bridgehead atoms. The molecular weight excluding hydrogens is 289 g/mol. The number of nitrogens with one attached hydrogen (secondary N) is 1. The largest absolute Gasteiger partial charge is 0.310 e. The summed E-state index contributed by atoms with van der Waals surface area (Å²) < 4.78 is 15.1. The lowest BCUT2D eigenvalue weighted by Gasteiger charge is -2.18. The quantitative estimate of drug-likeness (QED) is 0.882. The summed E-state index contributed by atoms with van der Waals surface area (Å²) in [5.74, 6) is -0.379. The summed E-state index contributed by atoms with van der Waals surface area (Å²) in [6.07, 6.45) is 3.70. The van der Waals surface area contributed by atoms with E-state index in [1.165, 1.54) is 11.6 Å². The average molecular weight is 310 g/mol. The van der Waals surface area contributed by atoms with Gasteiger partial charge in [0.1, 0.15) is 5.82 Å². The SMILES string of the molecule is CCNC(Cc1ccc(F)c(Cl)c1)c1cn(C)nc1CC. The van der Waals surface area contributed by atoms with Crippen LogP contribution in [-0.2, 0) is 19.9 Å². The maximum absolute atomic E-state index is 13.3. The molecule has 1 atom stereocenters. The van der Waals surface area contributed by atoms with Gasteiger partial charge in [0.05, 0.1) is 10.7 Å². The molecule has 0 amide bonds. The minimum atomic E-state index is -0.379. The standard InChI is InChI=1S/C16H21ClFN3/c1-4-15-12(10-21(3)20-15)16(19-5-2)9-11-6-7-14(18)13(17)8-11/h6-8,10,16,19H,4-5,9H2,1-3H3. The molecule has 3 nitrogen and oxygen atoms in total. The van der Waals surface area contributed by atoms with Crippen molar-refractivity contribution in [3.8, 4) is 0 Å². The van der Waals surface area contributed by atoms with Crippen LogP contribution in [0.1, 0.15) is 36.7 Å². The number of hydrogen-bond donors (Lipinski definition) is 1. The van der Waals surface area contributed by atoms with Crippen molar-refractivity contribution in [3.63, 3.8) is 0 Å². The molecule has 1 aromatic carbocycles. The van der Waals surface area contributed by atoms with Gasteiger partial charge in [0.15, 0.2) is 0 Å². The lowest BCUT2D eigenvalue weighted by Crippen LogP contribution is -2.23. The fourth-order valence-electron chi connectivity index (χ4n) is 2.56. The van der Waals surface area contributed by atoms with Gasteiger partial charge in [-0.15, -0.1) is 0 Å². The van der Waals surface area contributed by atoms with E-state index in [1.54, 1.807) is 12.1 Å². The Morgan fingerprint density at radius 2 is 2.14 bits per heavy atom. The molecular formula is C16H21ClFN3. The number of halogens is 2. The average Bonchev–Trinajstić information content (AvgIpc) is 2.83. The van der Waals surface area contributed by atoms with E-state index in [0.29, 0.717) is 0 Å². The number of benzene rings is 1. The molecule has 0 saturated carbocycles.